The first kappa shape index (κ1) is 23.1. The van der Waals surface area contributed by atoms with E-state index in [2.05, 4.69) is 23.9 Å². The van der Waals surface area contributed by atoms with Crippen molar-refractivity contribution >= 4 is 17.2 Å². The molecule has 0 atom stereocenters. The molecule has 0 aromatic carbocycles. The van der Waals surface area contributed by atoms with E-state index in [9.17, 15) is 4.79 Å². The molecule has 0 saturated heterocycles. The number of hydrogen-bond acceptors (Lipinski definition) is 4. The van der Waals surface area contributed by atoms with Crippen LogP contribution in [0.3, 0.4) is 0 Å². The summed E-state index contributed by atoms with van der Waals surface area (Å²) in [5.41, 5.74) is 1.13. The molecule has 1 aliphatic carbocycles. The lowest BCUT2D eigenvalue weighted by Gasteiger charge is -2.34. The van der Waals surface area contributed by atoms with E-state index in [1.165, 1.54) is 19.3 Å². The molecule has 1 amide bonds. The average Bonchev–Trinajstić information content (AvgIpc) is 3.20. The molecule has 1 heterocycles. The highest BCUT2D eigenvalue weighted by Gasteiger charge is 2.26. The Morgan fingerprint density at radius 1 is 1.21 bits per heavy atom. The molecule has 0 spiro atoms. The van der Waals surface area contributed by atoms with Crippen molar-refractivity contribution in [1.29, 1.82) is 0 Å². The van der Waals surface area contributed by atoms with Gasteiger partial charge in [-0.3, -0.25) is 4.79 Å². The normalized spacial score (nSPS) is 19.7. The summed E-state index contributed by atoms with van der Waals surface area (Å²) in [5.74, 6) is 0.238. The standard InChI is InChI=1S/C23H38N2O2S/c1-4-14-24(2)15-7-5-6-8-16-27-22-11-9-21(10-12-22)25(3)23(26)18-20-13-17-28-19-20/h4,13,17,19,21-22H,1,5-12,14-16,18H2,2-3H3/t21-,22-. The molecule has 5 heteroatoms. The fourth-order valence-corrected chi connectivity index (χ4v) is 4.56. The fourth-order valence-electron chi connectivity index (χ4n) is 3.89. The van der Waals surface area contributed by atoms with Crippen molar-refractivity contribution in [2.45, 2.75) is 69.9 Å². The van der Waals surface area contributed by atoms with Crippen LogP contribution in [0, 0.1) is 0 Å². The molecule has 1 aromatic heterocycles. The number of amides is 1. The highest BCUT2D eigenvalue weighted by atomic mass is 32.1. The van der Waals surface area contributed by atoms with Crippen LogP contribution in [0.25, 0.3) is 0 Å². The van der Waals surface area contributed by atoms with E-state index in [0.717, 1.165) is 57.4 Å². The Morgan fingerprint density at radius 2 is 1.96 bits per heavy atom. The molecular weight excluding hydrogens is 368 g/mol. The number of carbonyl (C=O) groups is 1. The summed E-state index contributed by atoms with van der Waals surface area (Å²) in [5, 5.41) is 4.10. The zero-order valence-corrected chi connectivity index (χ0v) is 18.6. The molecule has 4 nitrogen and oxygen atoms in total. The van der Waals surface area contributed by atoms with Gasteiger partial charge in [0.1, 0.15) is 0 Å². The van der Waals surface area contributed by atoms with E-state index < -0.39 is 0 Å². The van der Waals surface area contributed by atoms with Crippen LogP contribution in [-0.4, -0.2) is 61.6 Å². The molecule has 0 aliphatic heterocycles. The number of unbranched alkanes of at least 4 members (excludes halogenated alkanes) is 3. The van der Waals surface area contributed by atoms with E-state index in [1.54, 1.807) is 11.3 Å². The van der Waals surface area contributed by atoms with Gasteiger partial charge in [-0.25, -0.2) is 0 Å². The maximum atomic E-state index is 12.5. The van der Waals surface area contributed by atoms with E-state index >= 15 is 0 Å². The zero-order chi connectivity index (χ0) is 20.2. The van der Waals surface area contributed by atoms with E-state index in [1.807, 2.05) is 29.5 Å². The lowest BCUT2D eigenvalue weighted by Crippen LogP contribution is -2.41. The van der Waals surface area contributed by atoms with Gasteiger partial charge < -0.3 is 14.5 Å². The van der Waals surface area contributed by atoms with Crippen molar-refractivity contribution in [1.82, 2.24) is 9.80 Å². The Balaban J connectivity index is 1.51. The Bertz CT molecular complexity index is 553. The minimum absolute atomic E-state index is 0.238. The van der Waals surface area contributed by atoms with Gasteiger partial charge in [0.15, 0.2) is 0 Å². The summed E-state index contributed by atoms with van der Waals surface area (Å²) >= 11 is 1.65. The number of hydrogen-bond donors (Lipinski definition) is 0. The van der Waals surface area contributed by atoms with Gasteiger partial charge >= 0.3 is 0 Å². The SMILES string of the molecule is C=CCN(C)CCCCCCO[C@H]1CC[C@H](N(C)C(=O)Cc2ccsc2)CC1. The van der Waals surface area contributed by atoms with E-state index in [4.69, 9.17) is 4.74 Å². The monoisotopic (exact) mass is 406 g/mol. The van der Waals surface area contributed by atoms with E-state index in [-0.39, 0.29) is 5.91 Å². The zero-order valence-electron chi connectivity index (χ0n) is 17.8. The molecule has 0 bridgehead atoms. The van der Waals surface area contributed by atoms with Crippen molar-refractivity contribution in [2.75, 3.05) is 33.8 Å². The van der Waals surface area contributed by atoms with Crippen molar-refractivity contribution in [2.24, 2.45) is 0 Å². The number of likely N-dealkylation sites (N-methyl/N-ethyl adjacent to an activating group) is 2. The molecule has 0 radical (unpaired) electrons. The molecular formula is C23H38N2O2S. The largest absolute Gasteiger partial charge is 0.378 e. The summed E-state index contributed by atoms with van der Waals surface area (Å²) in [6.45, 7) is 6.78. The molecule has 0 N–H and O–H groups in total. The van der Waals surface area contributed by atoms with Crippen LogP contribution < -0.4 is 0 Å². The Hall–Kier alpha value is -1.17. The molecule has 1 fully saturated rings. The van der Waals surface area contributed by atoms with Crippen molar-refractivity contribution in [3.05, 3.63) is 35.0 Å². The first-order valence-electron chi connectivity index (χ1n) is 10.8. The van der Waals surface area contributed by atoms with Crippen LogP contribution in [0.4, 0.5) is 0 Å². The van der Waals surface area contributed by atoms with Crippen LogP contribution in [0.15, 0.2) is 29.5 Å². The molecule has 1 aliphatic rings. The Labute approximate surface area is 175 Å². The van der Waals surface area contributed by atoms with Crippen LogP contribution in [0.1, 0.15) is 56.9 Å². The van der Waals surface area contributed by atoms with Gasteiger partial charge in [0.25, 0.3) is 0 Å². The van der Waals surface area contributed by atoms with E-state index in [0.29, 0.717) is 18.6 Å². The van der Waals surface area contributed by atoms with Crippen LogP contribution in [0.5, 0.6) is 0 Å². The Morgan fingerprint density at radius 3 is 2.64 bits per heavy atom. The molecule has 0 unspecified atom stereocenters. The second-order valence-corrected chi connectivity index (χ2v) is 8.86. The summed E-state index contributed by atoms with van der Waals surface area (Å²) in [7, 11) is 4.11. The van der Waals surface area contributed by atoms with Crippen molar-refractivity contribution in [3.8, 4) is 0 Å². The van der Waals surface area contributed by atoms with Gasteiger partial charge in [0, 0.05) is 26.2 Å². The molecule has 1 saturated carbocycles. The maximum absolute atomic E-state index is 12.5. The number of nitrogens with zero attached hydrogens (tertiary/aromatic N) is 2. The number of thiophene rings is 1. The lowest BCUT2D eigenvalue weighted by molar-refractivity contribution is -0.132. The molecule has 2 rings (SSSR count). The minimum Gasteiger partial charge on any atom is -0.378 e. The second-order valence-electron chi connectivity index (χ2n) is 8.08. The highest BCUT2D eigenvalue weighted by Crippen LogP contribution is 2.25. The number of carbonyl (C=O) groups excluding carboxylic acids is 1. The lowest BCUT2D eigenvalue weighted by atomic mass is 9.91. The van der Waals surface area contributed by atoms with Gasteiger partial charge in [0.2, 0.25) is 5.91 Å². The smallest absolute Gasteiger partial charge is 0.227 e. The summed E-state index contributed by atoms with van der Waals surface area (Å²) in [6.07, 6.45) is 12.1. The molecule has 158 valence electrons. The topological polar surface area (TPSA) is 32.8 Å². The first-order chi connectivity index (χ1) is 13.6. The third-order valence-electron chi connectivity index (χ3n) is 5.75. The molecule has 1 aromatic rings. The number of ether oxygens (including phenoxy) is 1. The summed E-state index contributed by atoms with van der Waals surface area (Å²) < 4.78 is 6.10. The van der Waals surface area contributed by atoms with Crippen LogP contribution in [0.2, 0.25) is 0 Å². The van der Waals surface area contributed by atoms with Gasteiger partial charge in [-0.1, -0.05) is 18.9 Å². The van der Waals surface area contributed by atoms with Crippen LogP contribution in [-0.2, 0) is 16.0 Å². The predicted octanol–water partition coefficient (Wildman–Crippen LogP) is 4.76. The van der Waals surface area contributed by atoms with Gasteiger partial charge in [-0.2, -0.15) is 11.3 Å². The van der Waals surface area contributed by atoms with Gasteiger partial charge in [0.05, 0.1) is 12.5 Å². The quantitative estimate of drug-likeness (QED) is 0.350. The Kier molecular flexibility index (Phi) is 10.8. The van der Waals surface area contributed by atoms with Crippen molar-refractivity contribution in [3.63, 3.8) is 0 Å². The van der Waals surface area contributed by atoms with Gasteiger partial charge in [-0.15, -0.1) is 6.58 Å². The third-order valence-corrected chi connectivity index (χ3v) is 6.48. The average molecular weight is 407 g/mol. The second kappa shape index (κ2) is 13.1. The molecule has 28 heavy (non-hydrogen) atoms. The fraction of sp³-hybridized carbons (Fsp3) is 0.696. The number of rotatable bonds is 13. The van der Waals surface area contributed by atoms with Crippen molar-refractivity contribution < 1.29 is 9.53 Å². The third kappa shape index (κ3) is 8.46. The highest BCUT2D eigenvalue weighted by molar-refractivity contribution is 7.08. The van der Waals surface area contributed by atoms with Crippen LogP contribution >= 0.6 is 11.3 Å². The maximum Gasteiger partial charge on any atom is 0.227 e. The predicted molar refractivity (Wildman–Crippen MR) is 119 cm³/mol. The summed E-state index contributed by atoms with van der Waals surface area (Å²) in [6, 6.07) is 2.42. The minimum atomic E-state index is 0.238. The summed E-state index contributed by atoms with van der Waals surface area (Å²) in [4.78, 5) is 16.7. The van der Waals surface area contributed by atoms with Gasteiger partial charge in [-0.05, 0) is 74.5 Å². The first-order valence-corrected chi connectivity index (χ1v) is 11.7.